The Morgan fingerprint density at radius 2 is 2.16 bits per heavy atom. The van der Waals surface area contributed by atoms with E-state index in [0.29, 0.717) is 5.03 Å². The molecule has 8 nitrogen and oxygen atoms in total. The molecule has 0 saturated heterocycles. The summed E-state index contributed by atoms with van der Waals surface area (Å²) in [5, 5.41) is 13.9. The maximum Gasteiger partial charge on any atom is 0.341 e. The van der Waals surface area contributed by atoms with Gasteiger partial charge in [0.2, 0.25) is 0 Å². The van der Waals surface area contributed by atoms with E-state index in [2.05, 4.69) is 10.3 Å². The number of halogens is 1. The molecule has 130 valence electrons. The lowest BCUT2D eigenvalue weighted by Crippen LogP contribution is -2.21. The predicted octanol–water partition coefficient (Wildman–Crippen LogP) is 3.16. The van der Waals surface area contributed by atoms with Crippen molar-refractivity contribution in [2.75, 3.05) is 18.2 Å². The third kappa shape index (κ3) is 4.91. The van der Waals surface area contributed by atoms with Crippen LogP contribution < -0.4 is 5.32 Å². The standard InChI is InChI=1S/C15H12ClN3O5S/c1-25-14-10(3-2-6-17-14)15(21)24-8-13(20)18-11-7-9(16)4-5-12(11)19(22)23/h2-7H,8H2,1H3,(H,18,20). The molecule has 0 atom stereocenters. The molecule has 0 aliphatic rings. The highest BCUT2D eigenvalue weighted by Gasteiger charge is 2.18. The Bertz CT molecular complexity index is 831. The second kappa shape index (κ2) is 8.45. The molecule has 1 heterocycles. The van der Waals surface area contributed by atoms with Gasteiger partial charge in [-0.25, -0.2) is 9.78 Å². The topological polar surface area (TPSA) is 111 Å². The number of ether oxygens (including phenoxy) is 1. The average molecular weight is 382 g/mol. The first-order valence-corrected chi connectivity index (χ1v) is 8.42. The summed E-state index contributed by atoms with van der Waals surface area (Å²) < 4.78 is 4.93. The molecular formula is C15H12ClN3O5S. The Kier molecular flexibility index (Phi) is 6.31. The molecule has 25 heavy (non-hydrogen) atoms. The van der Waals surface area contributed by atoms with Crippen molar-refractivity contribution >= 4 is 46.6 Å². The van der Waals surface area contributed by atoms with E-state index in [1.807, 2.05) is 0 Å². The van der Waals surface area contributed by atoms with Crippen LogP contribution in [0.4, 0.5) is 11.4 Å². The van der Waals surface area contributed by atoms with Crippen LogP contribution in [-0.2, 0) is 9.53 Å². The number of thioether (sulfide) groups is 1. The number of carbonyl (C=O) groups is 2. The Balaban J connectivity index is 2.03. The number of amides is 1. The van der Waals surface area contributed by atoms with E-state index in [1.54, 1.807) is 12.3 Å². The van der Waals surface area contributed by atoms with Gasteiger partial charge in [-0.3, -0.25) is 14.9 Å². The van der Waals surface area contributed by atoms with Gasteiger partial charge in [0.15, 0.2) is 6.61 Å². The van der Waals surface area contributed by atoms with E-state index in [0.717, 1.165) is 0 Å². The van der Waals surface area contributed by atoms with Crippen molar-refractivity contribution in [3.63, 3.8) is 0 Å². The lowest BCUT2D eigenvalue weighted by molar-refractivity contribution is -0.383. The summed E-state index contributed by atoms with van der Waals surface area (Å²) in [5.74, 6) is -1.44. The second-order valence-corrected chi connectivity index (χ2v) is 5.83. The van der Waals surface area contributed by atoms with Gasteiger partial charge in [-0.05, 0) is 30.5 Å². The minimum atomic E-state index is -0.728. The molecule has 1 aromatic heterocycles. The molecule has 1 amide bonds. The first-order valence-electron chi connectivity index (χ1n) is 6.82. The molecule has 0 saturated carbocycles. The molecule has 0 fully saturated rings. The van der Waals surface area contributed by atoms with Gasteiger partial charge < -0.3 is 10.1 Å². The van der Waals surface area contributed by atoms with Crippen molar-refractivity contribution in [1.29, 1.82) is 0 Å². The largest absolute Gasteiger partial charge is 0.452 e. The summed E-state index contributed by atoms with van der Waals surface area (Å²) in [6.45, 7) is -0.606. The number of anilines is 1. The number of aromatic nitrogens is 1. The lowest BCUT2D eigenvalue weighted by atomic mass is 10.2. The van der Waals surface area contributed by atoms with E-state index in [9.17, 15) is 19.7 Å². The maximum atomic E-state index is 12.0. The zero-order chi connectivity index (χ0) is 18.4. The molecule has 2 rings (SSSR count). The van der Waals surface area contributed by atoms with Crippen LogP contribution in [-0.4, -0.2) is 34.6 Å². The smallest absolute Gasteiger partial charge is 0.341 e. The van der Waals surface area contributed by atoms with E-state index >= 15 is 0 Å². The number of rotatable bonds is 6. The van der Waals surface area contributed by atoms with Crippen LogP contribution in [0.2, 0.25) is 5.02 Å². The molecule has 0 unspecified atom stereocenters. The molecular weight excluding hydrogens is 370 g/mol. The monoisotopic (exact) mass is 381 g/mol. The van der Waals surface area contributed by atoms with Crippen molar-refractivity contribution in [2.45, 2.75) is 5.03 Å². The molecule has 0 spiro atoms. The number of hydrogen-bond acceptors (Lipinski definition) is 7. The predicted molar refractivity (Wildman–Crippen MR) is 93.0 cm³/mol. The van der Waals surface area contributed by atoms with Crippen molar-refractivity contribution in [1.82, 2.24) is 4.98 Å². The molecule has 0 bridgehead atoms. The van der Waals surface area contributed by atoms with Gasteiger partial charge in [-0.1, -0.05) is 11.6 Å². The molecule has 1 aromatic carbocycles. The SMILES string of the molecule is CSc1ncccc1C(=O)OCC(=O)Nc1cc(Cl)ccc1[N+](=O)[O-]. The number of hydrogen-bond donors (Lipinski definition) is 1. The summed E-state index contributed by atoms with van der Waals surface area (Å²) in [5.41, 5.74) is -0.165. The molecule has 0 radical (unpaired) electrons. The molecule has 10 heteroatoms. The third-order valence-electron chi connectivity index (χ3n) is 2.95. The average Bonchev–Trinajstić information content (AvgIpc) is 2.59. The van der Waals surface area contributed by atoms with E-state index in [1.165, 1.54) is 42.2 Å². The van der Waals surface area contributed by atoms with Crippen molar-refractivity contribution in [3.05, 3.63) is 57.2 Å². The zero-order valence-electron chi connectivity index (χ0n) is 12.9. The number of esters is 1. The Hall–Kier alpha value is -2.65. The van der Waals surface area contributed by atoms with Crippen molar-refractivity contribution in [2.24, 2.45) is 0 Å². The van der Waals surface area contributed by atoms with Crippen LogP contribution in [0.5, 0.6) is 0 Å². The van der Waals surface area contributed by atoms with Crippen molar-refractivity contribution < 1.29 is 19.2 Å². The van der Waals surface area contributed by atoms with E-state index < -0.39 is 23.4 Å². The highest BCUT2D eigenvalue weighted by Crippen LogP contribution is 2.27. The number of nitrogens with zero attached hydrogens (tertiary/aromatic N) is 2. The summed E-state index contributed by atoms with van der Waals surface area (Å²) in [6, 6.07) is 6.85. The second-order valence-electron chi connectivity index (χ2n) is 4.60. The summed E-state index contributed by atoms with van der Waals surface area (Å²) >= 11 is 7.04. The number of nitro benzene ring substituents is 1. The fourth-order valence-electron chi connectivity index (χ4n) is 1.87. The first kappa shape index (κ1) is 18.7. The molecule has 0 aliphatic heterocycles. The highest BCUT2D eigenvalue weighted by molar-refractivity contribution is 7.98. The van der Waals surface area contributed by atoms with Gasteiger partial charge in [0.05, 0.1) is 10.5 Å². The summed E-state index contributed by atoms with van der Waals surface area (Å²) in [7, 11) is 0. The van der Waals surface area contributed by atoms with Crippen LogP contribution >= 0.6 is 23.4 Å². The van der Waals surface area contributed by atoms with Crippen LogP contribution in [0.15, 0.2) is 41.6 Å². The van der Waals surface area contributed by atoms with E-state index in [-0.39, 0.29) is 22.0 Å². The fraction of sp³-hybridized carbons (Fsp3) is 0.133. The number of nitrogens with one attached hydrogen (secondary N) is 1. The van der Waals surface area contributed by atoms with Gasteiger partial charge in [0, 0.05) is 17.3 Å². The zero-order valence-corrected chi connectivity index (χ0v) is 14.5. The Morgan fingerprint density at radius 3 is 2.84 bits per heavy atom. The number of nitro groups is 1. The van der Waals surface area contributed by atoms with Crippen molar-refractivity contribution in [3.8, 4) is 0 Å². The summed E-state index contributed by atoms with van der Waals surface area (Å²) in [6.07, 6.45) is 3.29. The van der Waals surface area contributed by atoms with Gasteiger partial charge in [0.25, 0.3) is 11.6 Å². The van der Waals surface area contributed by atoms with Gasteiger partial charge in [0.1, 0.15) is 10.7 Å². The summed E-state index contributed by atoms with van der Waals surface area (Å²) in [4.78, 5) is 38.3. The maximum absolute atomic E-state index is 12.0. The normalized spacial score (nSPS) is 10.2. The van der Waals surface area contributed by atoms with E-state index in [4.69, 9.17) is 16.3 Å². The van der Waals surface area contributed by atoms with Gasteiger partial charge >= 0.3 is 5.97 Å². The van der Waals surface area contributed by atoms with Crippen LogP contribution in [0.25, 0.3) is 0 Å². The number of benzene rings is 1. The molecule has 2 aromatic rings. The van der Waals surface area contributed by atoms with Crippen LogP contribution in [0.3, 0.4) is 0 Å². The Labute approximate surface area is 151 Å². The van der Waals surface area contributed by atoms with Gasteiger partial charge in [-0.2, -0.15) is 0 Å². The minimum absolute atomic E-state index is 0.0790. The third-order valence-corrected chi connectivity index (χ3v) is 3.90. The van der Waals surface area contributed by atoms with Crippen LogP contribution in [0.1, 0.15) is 10.4 Å². The van der Waals surface area contributed by atoms with Crippen LogP contribution in [0, 0.1) is 10.1 Å². The molecule has 0 aliphatic carbocycles. The minimum Gasteiger partial charge on any atom is -0.452 e. The first-order chi connectivity index (χ1) is 11.9. The fourth-order valence-corrected chi connectivity index (χ4v) is 2.58. The number of pyridine rings is 1. The highest BCUT2D eigenvalue weighted by atomic mass is 35.5. The number of carbonyl (C=O) groups excluding carboxylic acids is 2. The quantitative estimate of drug-likeness (QED) is 0.354. The van der Waals surface area contributed by atoms with Gasteiger partial charge in [-0.15, -0.1) is 11.8 Å². The molecule has 1 N–H and O–H groups in total. The lowest BCUT2D eigenvalue weighted by Gasteiger charge is -2.08. The Morgan fingerprint density at radius 1 is 1.40 bits per heavy atom.